The predicted molar refractivity (Wildman–Crippen MR) is 113 cm³/mol. The Morgan fingerprint density at radius 3 is 2.61 bits per heavy atom. The second kappa shape index (κ2) is 8.17. The second-order valence-electron chi connectivity index (χ2n) is 6.96. The molecule has 2 N–H and O–H groups in total. The van der Waals surface area contributed by atoms with Gasteiger partial charge in [-0.1, -0.05) is 24.3 Å². The van der Waals surface area contributed by atoms with Gasteiger partial charge in [-0.2, -0.15) is 13.2 Å². The summed E-state index contributed by atoms with van der Waals surface area (Å²) in [4.78, 5) is 26.1. The van der Waals surface area contributed by atoms with E-state index in [4.69, 9.17) is 5.73 Å². The quantitative estimate of drug-likeness (QED) is 0.583. The molecule has 0 fully saturated rings. The van der Waals surface area contributed by atoms with E-state index in [2.05, 4.69) is 21.7 Å². The largest absolute Gasteiger partial charge is 0.417 e. The minimum atomic E-state index is -4.63. The van der Waals surface area contributed by atoms with Crippen LogP contribution in [0, 0.1) is 0 Å². The van der Waals surface area contributed by atoms with Crippen LogP contribution in [0.2, 0.25) is 0 Å². The maximum absolute atomic E-state index is 13.3. The summed E-state index contributed by atoms with van der Waals surface area (Å²) in [6.07, 6.45) is 2.30. The fraction of sp³-hybridized carbons (Fsp3) is 0.182. The number of carbonyl (C=O) groups is 1. The average Bonchev–Trinajstić information content (AvgIpc) is 2.98. The zero-order valence-electron chi connectivity index (χ0n) is 16.9. The van der Waals surface area contributed by atoms with Crippen LogP contribution >= 0.6 is 0 Å². The molecule has 1 unspecified atom stereocenters. The number of guanidine groups is 1. The fourth-order valence-electron chi connectivity index (χ4n) is 3.31. The van der Waals surface area contributed by atoms with Gasteiger partial charge in [-0.25, -0.2) is 4.99 Å². The number of pyridine rings is 1. The molecule has 2 heterocycles. The van der Waals surface area contributed by atoms with Crippen LogP contribution in [-0.4, -0.2) is 35.5 Å². The molecule has 2 aromatic rings. The SMILES string of the molecule is C=N/C=C\C=C(/C)c1cccc(C2(c3cncc(C(F)(F)F)c3)N=C(N)N(C)C2=O)c1. The van der Waals surface area contributed by atoms with Gasteiger partial charge in [-0.05, 0) is 48.6 Å². The molecule has 31 heavy (non-hydrogen) atoms. The molecule has 1 aliphatic heterocycles. The topological polar surface area (TPSA) is 83.9 Å². The lowest BCUT2D eigenvalue weighted by Crippen LogP contribution is -2.41. The molecule has 1 aliphatic rings. The maximum atomic E-state index is 13.3. The van der Waals surface area contributed by atoms with Gasteiger partial charge < -0.3 is 5.73 Å². The molecule has 0 bridgehead atoms. The number of alkyl halides is 3. The molecule has 0 saturated carbocycles. The number of halogens is 3. The third-order valence-corrected chi connectivity index (χ3v) is 5.00. The van der Waals surface area contributed by atoms with E-state index in [0.717, 1.165) is 22.1 Å². The van der Waals surface area contributed by atoms with Gasteiger partial charge in [0, 0.05) is 31.2 Å². The van der Waals surface area contributed by atoms with Crippen LogP contribution < -0.4 is 5.73 Å². The van der Waals surface area contributed by atoms with E-state index in [1.54, 1.807) is 30.4 Å². The molecule has 1 aromatic carbocycles. The molecule has 6 nitrogen and oxygen atoms in total. The molecule has 0 saturated heterocycles. The van der Waals surface area contributed by atoms with Crippen molar-refractivity contribution in [3.63, 3.8) is 0 Å². The van der Waals surface area contributed by atoms with Gasteiger partial charge in [0.25, 0.3) is 5.91 Å². The van der Waals surface area contributed by atoms with Gasteiger partial charge >= 0.3 is 6.18 Å². The Bertz CT molecular complexity index is 1120. The van der Waals surface area contributed by atoms with Crippen molar-refractivity contribution in [2.75, 3.05) is 7.05 Å². The number of likely N-dealkylation sites (N-methyl/N-ethyl adjacent to an activating group) is 1. The lowest BCUT2D eigenvalue weighted by Gasteiger charge is -2.27. The van der Waals surface area contributed by atoms with Gasteiger partial charge in [0.15, 0.2) is 11.5 Å². The average molecular weight is 427 g/mol. The smallest absolute Gasteiger partial charge is 0.369 e. The first-order valence-corrected chi connectivity index (χ1v) is 9.17. The number of aromatic nitrogens is 1. The lowest BCUT2D eigenvalue weighted by atomic mass is 9.82. The van der Waals surface area contributed by atoms with Crippen molar-refractivity contribution in [1.82, 2.24) is 9.88 Å². The Hall–Kier alpha value is -3.75. The first-order chi connectivity index (χ1) is 14.6. The van der Waals surface area contributed by atoms with Crippen molar-refractivity contribution < 1.29 is 18.0 Å². The molecule has 1 aromatic heterocycles. The number of carbonyl (C=O) groups excluding carboxylic acids is 1. The molecule has 1 atom stereocenters. The summed E-state index contributed by atoms with van der Waals surface area (Å²) in [7, 11) is 1.42. The van der Waals surface area contributed by atoms with E-state index in [9.17, 15) is 18.0 Å². The number of aliphatic imine (C=N–C) groups is 2. The third kappa shape index (κ3) is 3.98. The molecule has 9 heteroatoms. The molecule has 0 spiro atoms. The van der Waals surface area contributed by atoms with Crippen LogP contribution in [0.1, 0.15) is 29.2 Å². The Balaban J connectivity index is 2.23. The Morgan fingerprint density at radius 2 is 2.00 bits per heavy atom. The number of hydrogen-bond donors (Lipinski definition) is 1. The molecule has 0 aliphatic carbocycles. The lowest BCUT2D eigenvalue weighted by molar-refractivity contribution is -0.138. The van der Waals surface area contributed by atoms with E-state index < -0.39 is 23.2 Å². The third-order valence-electron chi connectivity index (χ3n) is 5.00. The van der Waals surface area contributed by atoms with Crippen LogP contribution in [-0.2, 0) is 16.5 Å². The number of hydrogen-bond acceptors (Lipinski definition) is 5. The highest BCUT2D eigenvalue weighted by atomic mass is 19.4. The zero-order valence-corrected chi connectivity index (χ0v) is 16.9. The van der Waals surface area contributed by atoms with E-state index in [-0.39, 0.29) is 11.5 Å². The van der Waals surface area contributed by atoms with Gasteiger partial charge in [-0.15, -0.1) is 0 Å². The molecule has 1 amide bonds. The van der Waals surface area contributed by atoms with E-state index in [1.165, 1.54) is 19.4 Å². The highest BCUT2D eigenvalue weighted by molar-refractivity contribution is 6.09. The monoisotopic (exact) mass is 427 g/mol. The molecular formula is C22H20F3N5O. The number of amides is 1. The Morgan fingerprint density at radius 1 is 1.26 bits per heavy atom. The van der Waals surface area contributed by atoms with Crippen LogP contribution in [0.3, 0.4) is 0 Å². The second-order valence-corrected chi connectivity index (χ2v) is 6.96. The van der Waals surface area contributed by atoms with Gasteiger partial charge in [0.1, 0.15) is 0 Å². The highest BCUT2D eigenvalue weighted by Crippen LogP contribution is 2.41. The minimum Gasteiger partial charge on any atom is -0.369 e. The molecular weight excluding hydrogens is 407 g/mol. The van der Waals surface area contributed by atoms with Crippen molar-refractivity contribution in [2.45, 2.75) is 18.6 Å². The number of allylic oxidation sites excluding steroid dienone is 3. The van der Waals surface area contributed by atoms with Crippen molar-refractivity contribution in [3.05, 3.63) is 83.3 Å². The van der Waals surface area contributed by atoms with Gasteiger partial charge in [0.05, 0.1) is 5.56 Å². The summed E-state index contributed by atoms with van der Waals surface area (Å²) >= 11 is 0. The molecule has 3 rings (SSSR count). The Kier molecular flexibility index (Phi) is 5.79. The minimum absolute atomic E-state index is 0.0193. The standard InChI is InChI=1S/C22H20F3N5O/c1-14(6-5-9-27-2)15-7-4-8-16(10-15)21(19(31)30(3)20(26)29-21)17-11-18(13-28-12-17)22(23,24)25/h4-13H,2H2,1,3H3,(H2,26,29)/b9-5-,14-6+. The number of rotatable bonds is 5. The summed E-state index contributed by atoms with van der Waals surface area (Å²) in [5, 5.41) is 0. The van der Waals surface area contributed by atoms with Crippen molar-refractivity contribution in [1.29, 1.82) is 0 Å². The van der Waals surface area contributed by atoms with Crippen LogP contribution in [0.25, 0.3) is 5.57 Å². The maximum Gasteiger partial charge on any atom is 0.417 e. The normalized spacial score (nSPS) is 19.8. The predicted octanol–water partition coefficient (Wildman–Crippen LogP) is 3.75. The van der Waals surface area contributed by atoms with Gasteiger partial charge in [-0.3, -0.25) is 19.7 Å². The number of nitrogens with two attached hydrogens (primary N) is 1. The number of nitrogens with zero attached hydrogens (tertiary/aromatic N) is 4. The van der Waals surface area contributed by atoms with Gasteiger partial charge in [0.2, 0.25) is 0 Å². The highest BCUT2D eigenvalue weighted by Gasteiger charge is 2.50. The fourth-order valence-corrected chi connectivity index (χ4v) is 3.31. The number of benzene rings is 1. The summed E-state index contributed by atoms with van der Waals surface area (Å²) in [6.45, 7) is 5.22. The van der Waals surface area contributed by atoms with E-state index >= 15 is 0 Å². The zero-order chi connectivity index (χ0) is 22.8. The summed E-state index contributed by atoms with van der Waals surface area (Å²) in [5.41, 5.74) is 5.10. The van der Waals surface area contributed by atoms with Crippen LogP contribution in [0.5, 0.6) is 0 Å². The molecule has 160 valence electrons. The molecule has 0 radical (unpaired) electrons. The van der Waals surface area contributed by atoms with E-state index in [0.29, 0.717) is 11.8 Å². The van der Waals surface area contributed by atoms with Crippen molar-refractivity contribution in [2.24, 2.45) is 15.7 Å². The summed E-state index contributed by atoms with van der Waals surface area (Å²) < 4.78 is 40.0. The van der Waals surface area contributed by atoms with Crippen molar-refractivity contribution in [3.8, 4) is 0 Å². The van der Waals surface area contributed by atoms with Crippen LogP contribution in [0.15, 0.2) is 71.1 Å². The first kappa shape index (κ1) is 21.9. The van der Waals surface area contributed by atoms with E-state index in [1.807, 2.05) is 13.0 Å². The Labute approximate surface area is 177 Å². The first-order valence-electron chi connectivity index (χ1n) is 9.17. The summed E-state index contributed by atoms with van der Waals surface area (Å²) in [6, 6.07) is 7.74. The summed E-state index contributed by atoms with van der Waals surface area (Å²) in [5.74, 6) is -0.666. The van der Waals surface area contributed by atoms with Crippen molar-refractivity contribution >= 4 is 24.2 Å². The van der Waals surface area contributed by atoms with Crippen LogP contribution in [0.4, 0.5) is 13.2 Å².